The number of primary amides is 1. The van der Waals surface area contributed by atoms with E-state index in [0.717, 1.165) is 17.7 Å². The number of carbonyl (C=O) groups excluding carboxylic acids is 3. The van der Waals surface area contributed by atoms with Crippen LogP contribution in [0.3, 0.4) is 0 Å². The lowest BCUT2D eigenvalue weighted by atomic mass is 9.97. The fraction of sp³-hybridized carbons (Fsp3) is 0.0870. The number of benzene rings is 3. The van der Waals surface area contributed by atoms with Crippen molar-refractivity contribution in [3.05, 3.63) is 101 Å². The molecular weight excluding hydrogens is 404 g/mol. The van der Waals surface area contributed by atoms with E-state index in [1.54, 1.807) is 43.3 Å². The Morgan fingerprint density at radius 1 is 0.871 bits per heavy atom. The molecule has 3 aromatic carbocycles. The second kappa shape index (κ2) is 9.17. The van der Waals surface area contributed by atoms with E-state index in [9.17, 15) is 23.2 Å². The van der Waals surface area contributed by atoms with E-state index in [2.05, 4.69) is 10.6 Å². The van der Waals surface area contributed by atoms with Gasteiger partial charge in [0.25, 0.3) is 5.91 Å². The second-order valence-corrected chi connectivity index (χ2v) is 6.81. The lowest BCUT2D eigenvalue weighted by Gasteiger charge is -2.16. The molecule has 6 nitrogen and oxygen atoms in total. The molecule has 0 heterocycles. The molecule has 3 rings (SSSR count). The summed E-state index contributed by atoms with van der Waals surface area (Å²) in [7, 11) is 0. The van der Waals surface area contributed by atoms with E-state index in [4.69, 9.17) is 5.73 Å². The SMILES string of the molecule is CC(NC(=O)c1ccccc1C(=O)c1ccc(F)c(F)c1)c1ccc(NC(N)=O)cc1. The molecule has 0 saturated heterocycles. The molecule has 0 aliphatic rings. The van der Waals surface area contributed by atoms with Gasteiger partial charge in [-0.15, -0.1) is 0 Å². The van der Waals surface area contributed by atoms with Gasteiger partial charge in [-0.3, -0.25) is 9.59 Å². The van der Waals surface area contributed by atoms with Crippen molar-refractivity contribution in [3.63, 3.8) is 0 Å². The molecule has 0 fully saturated rings. The third-order valence-electron chi connectivity index (χ3n) is 4.62. The van der Waals surface area contributed by atoms with Crippen LogP contribution in [0.4, 0.5) is 19.3 Å². The molecular formula is C23H19F2N3O3. The van der Waals surface area contributed by atoms with Gasteiger partial charge in [-0.2, -0.15) is 0 Å². The number of ketones is 1. The Bertz CT molecular complexity index is 1150. The number of anilines is 1. The zero-order chi connectivity index (χ0) is 22.5. The van der Waals surface area contributed by atoms with Gasteiger partial charge in [0.15, 0.2) is 17.4 Å². The van der Waals surface area contributed by atoms with E-state index in [0.29, 0.717) is 5.69 Å². The molecule has 0 radical (unpaired) electrons. The molecule has 0 aromatic heterocycles. The minimum absolute atomic E-state index is 0.0651. The van der Waals surface area contributed by atoms with Crippen LogP contribution in [0.1, 0.15) is 44.8 Å². The molecule has 158 valence electrons. The van der Waals surface area contributed by atoms with E-state index < -0.39 is 35.4 Å². The number of rotatable bonds is 6. The quantitative estimate of drug-likeness (QED) is 0.519. The second-order valence-electron chi connectivity index (χ2n) is 6.81. The number of nitrogens with two attached hydrogens (primary N) is 1. The average molecular weight is 423 g/mol. The predicted octanol–water partition coefficient (Wildman–Crippen LogP) is 4.18. The topological polar surface area (TPSA) is 101 Å². The van der Waals surface area contributed by atoms with E-state index >= 15 is 0 Å². The van der Waals surface area contributed by atoms with Gasteiger partial charge >= 0.3 is 6.03 Å². The van der Waals surface area contributed by atoms with Gasteiger partial charge in [0.1, 0.15) is 0 Å². The predicted molar refractivity (Wildman–Crippen MR) is 112 cm³/mol. The van der Waals surface area contributed by atoms with Crippen molar-refractivity contribution in [1.29, 1.82) is 0 Å². The molecule has 8 heteroatoms. The number of amides is 3. The number of hydrogen-bond donors (Lipinski definition) is 3. The normalized spacial score (nSPS) is 11.5. The number of halogens is 2. The first kappa shape index (κ1) is 21.6. The Morgan fingerprint density at radius 2 is 1.52 bits per heavy atom. The zero-order valence-electron chi connectivity index (χ0n) is 16.5. The summed E-state index contributed by atoms with van der Waals surface area (Å²) >= 11 is 0. The molecule has 3 amide bonds. The van der Waals surface area contributed by atoms with Crippen LogP contribution in [-0.2, 0) is 0 Å². The van der Waals surface area contributed by atoms with E-state index in [1.165, 1.54) is 18.2 Å². The van der Waals surface area contributed by atoms with Crippen LogP contribution in [0.15, 0.2) is 66.7 Å². The summed E-state index contributed by atoms with van der Waals surface area (Å²) in [6.45, 7) is 1.76. The third kappa shape index (κ3) is 5.11. The summed E-state index contributed by atoms with van der Waals surface area (Å²) in [5.41, 5.74) is 6.45. The highest BCUT2D eigenvalue weighted by Crippen LogP contribution is 2.20. The highest BCUT2D eigenvalue weighted by Gasteiger charge is 2.20. The maximum Gasteiger partial charge on any atom is 0.316 e. The highest BCUT2D eigenvalue weighted by molar-refractivity contribution is 6.15. The Kier molecular flexibility index (Phi) is 6.40. The van der Waals surface area contributed by atoms with Crippen molar-refractivity contribution in [2.45, 2.75) is 13.0 Å². The Balaban J connectivity index is 1.80. The lowest BCUT2D eigenvalue weighted by molar-refractivity contribution is 0.0929. The maximum atomic E-state index is 13.5. The standard InChI is InChI=1S/C23H19F2N3O3/c1-13(14-6-9-16(10-7-14)28-23(26)31)27-22(30)18-5-3-2-4-17(18)21(29)15-8-11-19(24)20(25)12-15/h2-13H,1H3,(H,27,30)(H3,26,28,31). The van der Waals surface area contributed by atoms with Gasteiger partial charge in [-0.05, 0) is 48.9 Å². The number of nitrogens with one attached hydrogen (secondary N) is 2. The van der Waals surface area contributed by atoms with Gasteiger partial charge in [0, 0.05) is 16.8 Å². The van der Waals surface area contributed by atoms with Crippen molar-refractivity contribution in [3.8, 4) is 0 Å². The molecule has 1 unspecified atom stereocenters. The van der Waals surface area contributed by atoms with Gasteiger partial charge < -0.3 is 16.4 Å². The molecule has 4 N–H and O–H groups in total. The van der Waals surface area contributed by atoms with Crippen LogP contribution in [0.5, 0.6) is 0 Å². The third-order valence-corrected chi connectivity index (χ3v) is 4.62. The van der Waals surface area contributed by atoms with Crippen LogP contribution in [0, 0.1) is 11.6 Å². The zero-order valence-corrected chi connectivity index (χ0v) is 16.5. The molecule has 1 atom stereocenters. The fourth-order valence-electron chi connectivity index (χ4n) is 3.03. The van der Waals surface area contributed by atoms with Crippen LogP contribution in [-0.4, -0.2) is 17.7 Å². The first-order chi connectivity index (χ1) is 14.8. The minimum atomic E-state index is -1.14. The van der Waals surface area contributed by atoms with Crippen LogP contribution >= 0.6 is 0 Å². The van der Waals surface area contributed by atoms with Crippen LogP contribution in [0.2, 0.25) is 0 Å². The Morgan fingerprint density at radius 3 is 2.13 bits per heavy atom. The first-order valence-corrected chi connectivity index (χ1v) is 9.32. The van der Waals surface area contributed by atoms with Gasteiger partial charge in [-0.1, -0.05) is 30.3 Å². The molecule has 0 saturated carbocycles. The summed E-state index contributed by atoms with van der Waals surface area (Å²) in [6, 6.07) is 14.6. The number of hydrogen-bond acceptors (Lipinski definition) is 3. The highest BCUT2D eigenvalue weighted by atomic mass is 19.2. The van der Waals surface area contributed by atoms with E-state index in [-0.39, 0.29) is 16.7 Å². The summed E-state index contributed by atoms with van der Waals surface area (Å²) in [6.07, 6.45) is 0. The van der Waals surface area contributed by atoms with Crippen molar-refractivity contribution in [1.82, 2.24) is 5.32 Å². The van der Waals surface area contributed by atoms with Gasteiger partial charge in [0.05, 0.1) is 11.6 Å². The minimum Gasteiger partial charge on any atom is -0.351 e. The summed E-state index contributed by atoms with van der Waals surface area (Å²) in [4.78, 5) is 36.6. The van der Waals surface area contributed by atoms with Gasteiger partial charge in [-0.25, -0.2) is 13.6 Å². The van der Waals surface area contributed by atoms with E-state index in [1.807, 2.05) is 0 Å². The summed E-state index contributed by atoms with van der Waals surface area (Å²) < 4.78 is 26.7. The molecule has 3 aromatic rings. The largest absolute Gasteiger partial charge is 0.351 e. The molecule has 0 spiro atoms. The fourth-order valence-corrected chi connectivity index (χ4v) is 3.03. The molecule has 0 aliphatic carbocycles. The van der Waals surface area contributed by atoms with Crippen molar-refractivity contribution >= 4 is 23.4 Å². The van der Waals surface area contributed by atoms with Crippen molar-refractivity contribution in [2.24, 2.45) is 5.73 Å². The number of carbonyl (C=O) groups is 3. The smallest absolute Gasteiger partial charge is 0.316 e. The Labute approximate surface area is 177 Å². The molecule has 0 bridgehead atoms. The first-order valence-electron chi connectivity index (χ1n) is 9.32. The summed E-state index contributed by atoms with van der Waals surface area (Å²) in [5.74, 6) is -3.30. The molecule has 31 heavy (non-hydrogen) atoms. The number of urea groups is 1. The van der Waals surface area contributed by atoms with Crippen molar-refractivity contribution in [2.75, 3.05) is 5.32 Å². The molecule has 0 aliphatic heterocycles. The van der Waals surface area contributed by atoms with Crippen LogP contribution < -0.4 is 16.4 Å². The Hall–Kier alpha value is -4.07. The maximum absolute atomic E-state index is 13.5. The summed E-state index contributed by atoms with van der Waals surface area (Å²) in [5, 5.41) is 5.25. The average Bonchev–Trinajstić information content (AvgIpc) is 2.75. The monoisotopic (exact) mass is 423 g/mol. The van der Waals surface area contributed by atoms with Crippen LogP contribution in [0.25, 0.3) is 0 Å². The lowest BCUT2D eigenvalue weighted by Crippen LogP contribution is -2.28. The van der Waals surface area contributed by atoms with Gasteiger partial charge in [0.2, 0.25) is 0 Å². The van der Waals surface area contributed by atoms with Crippen molar-refractivity contribution < 1.29 is 23.2 Å².